The van der Waals surface area contributed by atoms with Crippen molar-refractivity contribution in [3.05, 3.63) is 60.5 Å². The molecule has 2 aromatic heterocycles. The van der Waals surface area contributed by atoms with Crippen LogP contribution in [0.25, 0.3) is 11.2 Å². The fourth-order valence-corrected chi connectivity index (χ4v) is 4.56. The smallest absolute Gasteiger partial charge is 0.323 e. The number of anilines is 1. The molecule has 4 atom stereocenters. The summed E-state index contributed by atoms with van der Waals surface area (Å²) in [5.74, 6) is -0.794. The maximum absolute atomic E-state index is 14.6. The van der Waals surface area contributed by atoms with Crippen LogP contribution in [0.3, 0.4) is 0 Å². The molecule has 1 aliphatic rings. The summed E-state index contributed by atoms with van der Waals surface area (Å²) in [6.45, 7) is 4.11. The van der Waals surface area contributed by atoms with E-state index in [2.05, 4.69) is 20.0 Å². The molecule has 0 aliphatic carbocycles. The van der Waals surface area contributed by atoms with Gasteiger partial charge in [0.2, 0.25) is 0 Å². The zero-order valence-electron chi connectivity index (χ0n) is 19.8. The number of imidazole rings is 1. The standard InChI is InChI=1S/C23H28FN6O5P/c1-14(2)10-33-23(31)17(8-15-6-4-3-5-7-15)29-36(32)13-34-18-9-16(24)22(35-18)30-12-28-19-20(25)26-11-27-21(19)30/h3-7,9,11-12,14,17-18,22,36H,8,10,13H2,1-2H3,(H,29,32)(H2,25,26,27)/t17-,18-,22+/m0/s1. The van der Waals surface area contributed by atoms with Crippen molar-refractivity contribution in [3.63, 3.8) is 0 Å². The number of benzene rings is 1. The largest absolute Gasteiger partial charge is 0.464 e. The van der Waals surface area contributed by atoms with Crippen molar-refractivity contribution in [1.29, 1.82) is 0 Å². The zero-order chi connectivity index (χ0) is 25.7. The lowest BCUT2D eigenvalue weighted by Gasteiger charge is -2.20. The third-order valence-corrected chi connectivity index (χ3v) is 6.37. The molecule has 1 aliphatic heterocycles. The molecular weight excluding hydrogens is 490 g/mol. The van der Waals surface area contributed by atoms with Crippen LogP contribution in [-0.2, 0) is 30.0 Å². The molecule has 4 rings (SSSR count). The lowest BCUT2D eigenvalue weighted by Crippen LogP contribution is -2.37. The Morgan fingerprint density at radius 3 is 2.81 bits per heavy atom. The minimum absolute atomic E-state index is 0.163. The van der Waals surface area contributed by atoms with E-state index in [1.54, 1.807) is 0 Å². The summed E-state index contributed by atoms with van der Waals surface area (Å²) in [4.78, 5) is 24.7. The Balaban J connectivity index is 1.35. The third-order valence-electron chi connectivity index (χ3n) is 5.27. The Morgan fingerprint density at radius 2 is 2.06 bits per heavy atom. The highest BCUT2D eigenvalue weighted by Crippen LogP contribution is 2.33. The monoisotopic (exact) mass is 518 g/mol. The van der Waals surface area contributed by atoms with Gasteiger partial charge in [-0.3, -0.25) is 14.4 Å². The molecule has 0 saturated carbocycles. The number of hydrogen-bond donors (Lipinski definition) is 2. The normalized spacial score (nSPS) is 19.4. The fraction of sp³-hybridized carbons (Fsp3) is 0.391. The molecule has 3 heterocycles. The number of carbonyl (C=O) groups is 1. The summed E-state index contributed by atoms with van der Waals surface area (Å²) in [6, 6.07) is 8.50. The maximum Gasteiger partial charge on any atom is 0.323 e. The second-order valence-electron chi connectivity index (χ2n) is 8.64. The first-order valence-corrected chi connectivity index (χ1v) is 13.0. The van der Waals surface area contributed by atoms with E-state index in [0.717, 1.165) is 11.6 Å². The SMILES string of the molecule is CC(C)COC(=O)[C@H](Cc1ccccc1)N[PH](=O)CO[C@@H]1C=C(F)[C@H](n2cnc3c(N)ncnc32)O1. The van der Waals surface area contributed by atoms with E-state index in [-0.39, 0.29) is 24.7 Å². The topological polar surface area (TPSA) is 143 Å². The van der Waals surface area contributed by atoms with E-state index in [4.69, 9.17) is 19.9 Å². The molecule has 0 bridgehead atoms. The number of nitrogen functional groups attached to an aromatic ring is 1. The number of ether oxygens (including phenoxy) is 3. The van der Waals surface area contributed by atoms with Gasteiger partial charge < -0.3 is 24.5 Å². The quantitative estimate of drug-likeness (QED) is 0.287. The number of hydrogen-bond acceptors (Lipinski definition) is 9. The molecule has 1 unspecified atom stereocenters. The molecule has 3 N–H and O–H groups in total. The lowest BCUT2D eigenvalue weighted by atomic mass is 10.1. The predicted octanol–water partition coefficient (Wildman–Crippen LogP) is 2.97. The van der Waals surface area contributed by atoms with Crippen molar-refractivity contribution >= 4 is 30.9 Å². The first kappa shape index (κ1) is 25.9. The van der Waals surface area contributed by atoms with E-state index in [0.29, 0.717) is 17.6 Å². The summed E-state index contributed by atoms with van der Waals surface area (Å²) in [6.07, 6.45) is 1.48. The highest BCUT2D eigenvalue weighted by Gasteiger charge is 2.32. The van der Waals surface area contributed by atoms with Crippen molar-refractivity contribution in [2.24, 2.45) is 5.92 Å². The summed E-state index contributed by atoms with van der Waals surface area (Å²) in [7, 11) is -2.62. The molecule has 3 aromatic rings. The Labute approximate surface area is 207 Å². The second kappa shape index (κ2) is 11.7. The number of carbonyl (C=O) groups excluding carboxylic acids is 1. The van der Waals surface area contributed by atoms with E-state index < -0.39 is 38.3 Å². The Kier molecular flexibility index (Phi) is 8.42. The van der Waals surface area contributed by atoms with Gasteiger partial charge in [-0.2, -0.15) is 0 Å². The number of rotatable bonds is 11. The lowest BCUT2D eigenvalue weighted by molar-refractivity contribution is -0.146. The number of aromatic nitrogens is 4. The van der Waals surface area contributed by atoms with Crippen molar-refractivity contribution in [1.82, 2.24) is 24.6 Å². The molecule has 1 aromatic carbocycles. The van der Waals surface area contributed by atoms with Crippen LogP contribution in [-0.4, -0.2) is 50.8 Å². The van der Waals surface area contributed by atoms with Crippen molar-refractivity contribution < 1.29 is 28.0 Å². The third kappa shape index (κ3) is 6.33. The number of nitrogens with one attached hydrogen (secondary N) is 1. The summed E-state index contributed by atoms with van der Waals surface area (Å²) < 4.78 is 45.3. The fourth-order valence-electron chi connectivity index (χ4n) is 3.56. The molecule has 0 spiro atoms. The molecule has 13 heteroatoms. The van der Waals surface area contributed by atoms with E-state index in [1.807, 2.05) is 44.2 Å². The number of nitrogens with two attached hydrogens (primary N) is 1. The number of nitrogens with zero attached hydrogens (tertiary/aromatic N) is 4. The van der Waals surface area contributed by atoms with Gasteiger partial charge in [-0.05, 0) is 17.9 Å². The first-order valence-electron chi connectivity index (χ1n) is 11.4. The molecule has 36 heavy (non-hydrogen) atoms. The van der Waals surface area contributed by atoms with Gasteiger partial charge in [0, 0.05) is 6.08 Å². The van der Waals surface area contributed by atoms with Crippen LogP contribution < -0.4 is 10.8 Å². The molecule has 0 fully saturated rings. The van der Waals surface area contributed by atoms with Crippen LogP contribution >= 0.6 is 7.95 Å². The average molecular weight is 518 g/mol. The summed E-state index contributed by atoms with van der Waals surface area (Å²) in [5, 5.41) is 2.82. The van der Waals surface area contributed by atoms with Crippen LogP contribution in [0.2, 0.25) is 0 Å². The van der Waals surface area contributed by atoms with Crippen LogP contribution in [0.5, 0.6) is 0 Å². The predicted molar refractivity (Wildman–Crippen MR) is 131 cm³/mol. The van der Waals surface area contributed by atoms with Crippen LogP contribution in [0.1, 0.15) is 25.6 Å². The van der Waals surface area contributed by atoms with Crippen molar-refractivity contribution in [3.8, 4) is 0 Å². The summed E-state index contributed by atoms with van der Waals surface area (Å²) >= 11 is 0. The highest BCUT2D eigenvalue weighted by molar-refractivity contribution is 7.42. The van der Waals surface area contributed by atoms with Gasteiger partial charge in [-0.25, -0.2) is 19.3 Å². The van der Waals surface area contributed by atoms with E-state index in [1.165, 1.54) is 17.2 Å². The Hall–Kier alpha value is -3.18. The van der Waals surface area contributed by atoms with Gasteiger partial charge in [-0.15, -0.1) is 0 Å². The number of esters is 1. The molecule has 192 valence electrons. The highest BCUT2D eigenvalue weighted by atomic mass is 31.1. The van der Waals surface area contributed by atoms with Crippen LogP contribution in [0, 0.1) is 5.92 Å². The Bertz CT molecular complexity index is 1250. The molecule has 0 amide bonds. The van der Waals surface area contributed by atoms with Gasteiger partial charge >= 0.3 is 5.97 Å². The molecule has 11 nitrogen and oxygen atoms in total. The zero-order valence-corrected chi connectivity index (χ0v) is 20.8. The van der Waals surface area contributed by atoms with Gasteiger partial charge in [0.15, 0.2) is 37.8 Å². The van der Waals surface area contributed by atoms with Crippen LogP contribution in [0.15, 0.2) is 54.9 Å². The van der Waals surface area contributed by atoms with Gasteiger partial charge in [0.1, 0.15) is 24.2 Å². The number of fused-ring (bicyclic) bond motifs is 1. The van der Waals surface area contributed by atoms with Crippen LogP contribution in [0.4, 0.5) is 10.2 Å². The summed E-state index contributed by atoms with van der Waals surface area (Å²) in [5.41, 5.74) is 7.29. The van der Waals surface area contributed by atoms with Gasteiger partial charge in [0.05, 0.1) is 12.9 Å². The maximum atomic E-state index is 14.6. The van der Waals surface area contributed by atoms with E-state index in [9.17, 15) is 13.8 Å². The average Bonchev–Trinajstić information content (AvgIpc) is 3.45. The minimum atomic E-state index is -2.62. The van der Waals surface area contributed by atoms with Crippen molar-refractivity contribution in [2.45, 2.75) is 38.8 Å². The van der Waals surface area contributed by atoms with Gasteiger partial charge in [0.25, 0.3) is 0 Å². The number of halogens is 1. The first-order chi connectivity index (χ1) is 17.3. The van der Waals surface area contributed by atoms with Crippen molar-refractivity contribution in [2.75, 3.05) is 18.7 Å². The van der Waals surface area contributed by atoms with E-state index >= 15 is 0 Å². The minimum Gasteiger partial charge on any atom is -0.464 e. The molecule has 0 radical (unpaired) electrons. The van der Waals surface area contributed by atoms with Gasteiger partial charge in [-0.1, -0.05) is 44.2 Å². The second-order valence-corrected chi connectivity index (χ2v) is 10.1. The Morgan fingerprint density at radius 1 is 1.28 bits per heavy atom. The molecule has 0 saturated heterocycles. The molecular formula is C23H28FN6O5P.